The Kier molecular flexibility index (Phi) is 3.23. The zero-order valence-electron chi connectivity index (χ0n) is 9.64. The summed E-state index contributed by atoms with van der Waals surface area (Å²) in [6.07, 6.45) is 1.40. The predicted octanol–water partition coefficient (Wildman–Crippen LogP) is 2.97. The van der Waals surface area contributed by atoms with E-state index in [4.69, 9.17) is 5.11 Å². The minimum atomic E-state index is -1.08. The van der Waals surface area contributed by atoms with Crippen LogP contribution in [0.4, 0.5) is 15.8 Å². The third kappa shape index (κ3) is 2.45. The maximum Gasteiger partial charge on any atom is 0.354 e. The topological polar surface area (TPSA) is 62.2 Å². The summed E-state index contributed by atoms with van der Waals surface area (Å²) in [4.78, 5) is 14.4. The van der Waals surface area contributed by atoms with E-state index in [0.717, 1.165) is 0 Å². The fourth-order valence-electron chi connectivity index (χ4n) is 1.49. The van der Waals surface area contributed by atoms with Crippen LogP contribution < -0.4 is 5.32 Å². The van der Waals surface area contributed by atoms with Crippen LogP contribution in [0.5, 0.6) is 0 Å². The summed E-state index contributed by atoms with van der Waals surface area (Å²) in [7, 11) is 0. The van der Waals surface area contributed by atoms with Gasteiger partial charge in [-0.3, -0.25) is 0 Å². The standard InChI is InChI=1S/C13H11FN2O2/c1-8-10(14)3-2-4-11(8)16-9-5-6-12(13(17)18)15-7-9/h2-7,16H,1H3,(H,17,18). The van der Waals surface area contributed by atoms with Gasteiger partial charge in [0, 0.05) is 11.3 Å². The van der Waals surface area contributed by atoms with E-state index in [9.17, 15) is 9.18 Å². The molecular formula is C13H11FN2O2. The third-order valence-electron chi connectivity index (χ3n) is 2.53. The Bertz CT molecular complexity index is 582. The van der Waals surface area contributed by atoms with Crippen molar-refractivity contribution in [3.63, 3.8) is 0 Å². The fourth-order valence-corrected chi connectivity index (χ4v) is 1.49. The molecule has 18 heavy (non-hydrogen) atoms. The molecule has 2 aromatic rings. The molecule has 0 bridgehead atoms. The summed E-state index contributed by atoms with van der Waals surface area (Å²) in [5.41, 5.74) is 1.70. The van der Waals surface area contributed by atoms with Gasteiger partial charge >= 0.3 is 5.97 Å². The summed E-state index contributed by atoms with van der Waals surface area (Å²) < 4.78 is 13.3. The molecule has 0 fully saturated rings. The van der Waals surface area contributed by atoms with Crippen LogP contribution in [-0.2, 0) is 0 Å². The Morgan fingerprint density at radius 2 is 2.11 bits per heavy atom. The van der Waals surface area contributed by atoms with Crippen LogP contribution in [0.15, 0.2) is 36.5 Å². The van der Waals surface area contributed by atoms with Crippen molar-refractivity contribution in [1.82, 2.24) is 4.98 Å². The number of pyridine rings is 1. The number of hydrogen-bond donors (Lipinski definition) is 2. The Morgan fingerprint density at radius 3 is 2.72 bits per heavy atom. The van der Waals surface area contributed by atoms with E-state index in [1.54, 1.807) is 25.1 Å². The lowest BCUT2D eigenvalue weighted by Crippen LogP contribution is -2.01. The van der Waals surface area contributed by atoms with E-state index in [1.165, 1.54) is 18.3 Å². The smallest absolute Gasteiger partial charge is 0.354 e. The highest BCUT2D eigenvalue weighted by atomic mass is 19.1. The molecule has 0 amide bonds. The van der Waals surface area contributed by atoms with E-state index in [2.05, 4.69) is 10.3 Å². The highest BCUT2D eigenvalue weighted by Crippen LogP contribution is 2.21. The van der Waals surface area contributed by atoms with Gasteiger partial charge in [0.1, 0.15) is 11.5 Å². The molecule has 0 atom stereocenters. The molecule has 5 heteroatoms. The van der Waals surface area contributed by atoms with Gasteiger partial charge in [0.25, 0.3) is 0 Å². The Balaban J connectivity index is 2.24. The van der Waals surface area contributed by atoms with Gasteiger partial charge in [-0.05, 0) is 31.2 Å². The molecule has 0 aliphatic carbocycles. The molecule has 0 radical (unpaired) electrons. The normalized spacial score (nSPS) is 10.1. The van der Waals surface area contributed by atoms with E-state index in [0.29, 0.717) is 16.9 Å². The first kappa shape index (κ1) is 12.0. The number of aromatic carboxylic acids is 1. The summed E-state index contributed by atoms with van der Waals surface area (Å²) in [6, 6.07) is 7.69. The van der Waals surface area contributed by atoms with Crippen molar-refractivity contribution in [3.05, 3.63) is 53.6 Å². The molecule has 0 saturated heterocycles. The molecule has 2 rings (SSSR count). The second kappa shape index (κ2) is 4.83. The van der Waals surface area contributed by atoms with Gasteiger partial charge in [-0.15, -0.1) is 0 Å². The van der Waals surface area contributed by atoms with Gasteiger partial charge in [0.15, 0.2) is 0 Å². The quantitative estimate of drug-likeness (QED) is 0.874. The number of rotatable bonds is 3. The van der Waals surface area contributed by atoms with Crippen molar-refractivity contribution in [2.45, 2.75) is 6.92 Å². The van der Waals surface area contributed by atoms with Crippen LogP contribution >= 0.6 is 0 Å². The number of halogens is 1. The number of benzene rings is 1. The largest absolute Gasteiger partial charge is 0.477 e. The predicted molar refractivity (Wildman–Crippen MR) is 65.6 cm³/mol. The van der Waals surface area contributed by atoms with Crippen LogP contribution in [0, 0.1) is 12.7 Å². The lowest BCUT2D eigenvalue weighted by molar-refractivity contribution is 0.0690. The average molecular weight is 246 g/mol. The van der Waals surface area contributed by atoms with Crippen LogP contribution in [0.3, 0.4) is 0 Å². The van der Waals surface area contributed by atoms with E-state index < -0.39 is 5.97 Å². The number of carboxylic acids is 1. The van der Waals surface area contributed by atoms with Gasteiger partial charge in [-0.1, -0.05) is 6.07 Å². The number of carbonyl (C=O) groups is 1. The number of carboxylic acid groups (broad SMARTS) is 1. The second-order valence-electron chi connectivity index (χ2n) is 3.77. The van der Waals surface area contributed by atoms with E-state index in [1.807, 2.05) is 0 Å². The van der Waals surface area contributed by atoms with Crippen molar-refractivity contribution in [3.8, 4) is 0 Å². The first-order valence-electron chi connectivity index (χ1n) is 5.29. The summed E-state index contributed by atoms with van der Waals surface area (Å²) in [5.74, 6) is -1.38. The van der Waals surface area contributed by atoms with Crippen LogP contribution in [0.25, 0.3) is 0 Å². The molecule has 2 N–H and O–H groups in total. The molecule has 1 aromatic carbocycles. The van der Waals surface area contributed by atoms with Crippen molar-refractivity contribution in [2.24, 2.45) is 0 Å². The van der Waals surface area contributed by atoms with Crippen molar-refractivity contribution in [1.29, 1.82) is 0 Å². The highest BCUT2D eigenvalue weighted by molar-refractivity contribution is 5.85. The van der Waals surface area contributed by atoms with Crippen LogP contribution in [0.2, 0.25) is 0 Å². The van der Waals surface area contributed by atoms with Crippen LogP contribution in [0.1, 0.15) is 16.1 Å². The van der Waals surface area contributed by atoms with Gasteiger partial charge in [-0.2, -0.15) is 0 Å². The molecule has 0 saturated carbocycles. The monoisotopic (exact) mass is 246 g/mol. The molecule has 0 spiro atoms. The minimum absolute atomic E-state index is 0.0310. The van der Waals surface area contributed by atoms with Crippen LogP contribution in [-0.4, -0.2) is 16.1 Å². The second-order valence-corrected chi connectivity index (χ2v) is 3.77. The lowest BCUT2D eigenvalue weighted by atomic mass is 10.2. The highest BCUT2D eigenvalue weighted by Gasteiger charge is 2.06. The van der Waals surface area contributed by atoms with Gasteiger partial charge in [0.05, 0.1) is 11.9 Å². The average Bonchev–Trinajstić information content (AvgIpc) is 2.36. The number of hydrogen-bond acceptors (Lipinski definition) is 3. The maximum absolute atomic E-state index is 13.3. The minimum Gasteiger partial charge on any atom is -0.477 e. The first-order chi connectivity index (χ1) is 8.58. The SMILES string of the molecule is Cc1c(F)cccc1Nc1ccc(C(=O)O)nc1. The maximum atomic E-state index is 13.3. The van der Waals surface area contributed by atoms with Crippen molar-refractivity contribution < 1.29 is 14.3 Å². The lowest BCUT2D eigenvalue weighted by Gasteiger charge is -2.09. The van der Waals surface area contributed by atoms with Gasteiger partial charge in [0.2, 0.25) is 0 Å². The van der Waals surface area contributed by atoms with E-state index >= 15 is 0 Å². The number of nitrogens with zero attached hydrogens (tertiary/aromatic N) is 1. The summed E-state index contributed by atoms with van der Waals surface area (Å²) >= 11 is 0. The number of anilines is 2. The van der Waals surface area contributed by atoms with E-state index in [-0.39, 0.29) is 11.5 Å². The van der Waals surface area contributed by atoms with Crippen molar-refractivity contribution in [2.75, 3.05) is 5.32 Å². The molecule has 0 aliphatic rings. The zero-order valence-corrected chi connectivity index (χ0v) is 9.64. The zero-order chi connectivity index (χ0) is 13.1. The molecule has 0 aliphatic heterocycles. The third-order valence-corrected chi connectivity index (χ3v) is 2.53. The fraction of sp³-hybridized carbons (Fsp3) is 0.0769. The molecule has 0 unspecified atom stereocenters. The number of aromatic nitrogens is 1. The first-order valence-corrected chi connectivity index (χ1v) is 5.29. The molecule has 4 nitrogen and oxygen atoms in total. The molecule has 1 heterocycles. The Hall–Kier alpha value is -2.43. The van der Waals surface area contributed by atoms with Gasteiger partial charge < -0.3 is 10.4 Å². The summed E-state index contributed by atoms with van der Waals surface area (Å²) in [5, 5.41) is 11.7. The Morgan fingerprint density at radius 1 is 1.33 bits per heavy atom. The molecule has 92 valence electrons. The Labute approximate surface area is 103 Å². The molecular weight excluding hydrogens is 235 g/mol. The van der Waals surface area contributed by atoms with Gasteiger partial charge in [-0.25, -0.2) is 14.2 Å². The molecule has 1 aromatic heterocycles. The van der Waals surface area contributed by atoms with Crippen molar-refractivity contribution >= 4 is 17.3 Å². The summed E-state index contributed by atoms with van der Waals surface area (Å²) in [6.45, 7) is 1.66. The number of nitrogens with one attached hydrogen (secondary N) is 1.